The van der Waals surface area contributed by atoms with E-state index < -0.39 is 5.41 Å². The Bertz CT molecular complexity index is 860. The lowest BCUT2D eigenvalue weighted by atomic mass is 9.63. The minimum atomic E-state index is -0.519. The third-order valence-electron chi connectivity index (χ3n) is 6.27. The van der Waals surface area contributed by atoms with E-state index in [1.54, 1.807) is 0 Å². The van der Waals surface area contributed by atoms with E-state index in [1.165, 1.54) is 0 Å². The van der Waals surface area contributed by atoms with Crippen molar-refractivity contribution in [1.82, 2.24) is 9.97 Å². The molecular weight excluding hydrogens is 430 g/mol. The van der Waals surface area contributed by atoms with Gasteiger partial charge in [0, 0.05) is 36.4 Å². The van der Waals surface area contributed by atoms with Crippen molar-refractivity contribution in [2.45, 2.75) is 51.5 Å². The molecule has 3 rings (SSSR count). The van der Waals surface area contributed by atoms with Crippen LogP contribution in [0.4, 0.5) is 11.8 Å². The monoisotopic (exact) mass is 459 g/mol. The van der Waals surface area contributed by atoms with Crippen molar-refractivity contribution >= 4 is 33.6 Å². The zero-order valence-corrected chi connectivity index (χ0v) is 19.2. The fourth-order valence-corrected chi connectivity index (χ4v) is 4.64. The Balaban J connectivity index is 1.72. The van der Waals surface area contributed by atoms with Crippen LogP contribution in [-0.4, -0.2) is 36.0 Å². The largest absolute Gasteiger partial charge is 0.369 e. The van der Waals surface area contributed by atoms with Crippen molar-refractivity contribution < 1.29 is 4.79 Å². The van der Waals surface area contributed by atoms with Gasteiger partial charge in [-0.1, -0.05) is 35.0 Å². The van der Waals surface area contributed by atoms with E-state index in [1.807, 2.05) is 44.2 Å². The van der Waals surface area contributed by atoms with Crippen molar-refractivity contribution in [3.8, 4) is 0 Å². The number of halogens is 1. The van der Waals surface area contributed by atoms with E-state index in [-0.39, 0.29) is 17.9 Å². The summed E-state index contributed by atoms with van der Waals surface area (Å²) < 4.78 is 1.03. The minimum absolute atomic E-state index is 0.0741. The molecule has 0 aliphatic heterocycles. The number of aromatic nitrogens is 2. The van der Waals surface area contributed by atoms with Crippen molar-refractivity contribution in [2.75, 3.05) is 24.3 Å². The summed E-state index contributed by atoms with van der Waals surface area (Å²) in [6.07, 6.45) is 5.07. The average Bonchev–Trinajstić information content (AvgIpc) is 2.70. The molecule has 1 unspecified atom stereocenters. The van der Waals surface area contributed by atoms with Gasteiger partial charge >= 0.3 is 0 Å². The molecule has 1 aliphatic carbocycles. The molecule has 2 aromatic rings. The Hall–Kier alpha value is -2.15. The average molecular weight is 460 g/mol. The van der Waals surface area contributed by atoms with Crippen LogP contribution in [0.1, 0.15) is 49.7 Å². The smallest absolute Gasteiger partial charge is 0.224 e. The number of carbonyl (C=O) groups is 1. The summed E-state index contributed by atoms with van der Waals surface area (Å²) in [7, 11) is 3.95. The highest BCUT2D eigenvalue weighted by atomic mass is 79.9. The van der Waals surface area contributed by atoms with Gasteiger partial charge in [0.2, 0.25) is 11.9 Å². The van der Waals surface area contributed by atoms with Gasteiger partial charge in [-0.25, -0.2) is 4.98 Å². The van der Waals surface area contributed by atoms with Crippen molar-refractivity contribution in [2.24, 2.45) is 11.1 Å². The van der Waals surface area contributed by atoms with Crippen LogP contribution in [0.15, 0.2) is 34.9 Å². The van der Waals surface area contributed by atoms with E-state index >= 15 is 0 Å². The first-order valence-corrected chi connectivity index (χ1v) is 10.8. The number of hydrogen-bond acceptors (Lipinski definition) is 5. The first-order valence-electron chi connectivity index (χ1n) is 10.1. The van der Waals surface area contributed by atoms with Crippen LogP contribution < -0.4 is 16.0 Å². The molecule has 6 nitrogen and oxygen atoms in total. The highest BCUT2D eigenvalue weighted by Crippen LogP contribution is 2.47. The molecule has 1 atom stereocenters. The van der Waals surface area contributed by atoms with E-state index in [0.717, 1.165) is 47.1 Å². The maximum atomic E-state index is 12.5. The first kappa shape index (κ1) is 21.6. The summed E-state index contributed by atoms with van der Waals surface area (Å²) in [6.45, 7) is 4.12. The zero-order chi connectivity index (χ0) is 21.2. The molecule has 1 fully saturated rings. The van der Waals surface area contributed by atoms with Crippen LogP contribution in [-0.2, 0) is 4.79 Å². The van der Waals surface area contributed by atoms with E-state index in [0.29, 0.717) is 5.95 Å². The Labute approximate surface area is 181 Å². The van der Waals surface area contributed by atoms with Crippen LogP contribution in [0.3, 0.4) is 0 Å². The standard InChI is InChI=1S/C22H30BrN5O/c1-14-13-25-21(27-19(14)28(3)4)26-18-9-11-22(12-10-18,20(24)29)15(2)16-5-7-17(23)8-6-16/h5-8,13,15,18H,9-12H2,1-4H3,(H2,24,29)(H,25,26,27). The van der Waals surface area contributed by atoms with Crippen molar-refractivity contribution in [1.29, 1.82) is 0 Å². The SMILES string of the molecule is Cc1cnc(NC2CCC(C(N)=O)(C(C)c3ccc(Br)cc3)CC2)nc1N(C)C. The van der Waals surface area contributed by atoms with E-state index in [4.69, 9.17) is 5.73 Å². The minimum Gasteiger partial charge on any atom is -0.369 e. The molecular formula is C22H30BrN5O. The van der Waals surface area contributed by atoms with Gasteiger partial charge in [0.05, 0.1) is 5.41 Å². The number of nitrogens with one attached hydrogen (secondary N) is 1. The quantitative estimate of drug-likeness (QED) is 0.674. The van der Waals surface area contributed by atoms with E-state index in [9.17, 15) is 4.79 Å². The van der Waals surface area contributed by atoms with E-state index in [2.05, 4.69) is 50.3 Å². The highest BCUT2D eigenvalue weighted by Gasteiger charge is 2.45. The van der Waals surface area contributed by atoms with Gasteiger partial charge in [0.25, 0.3) is 0 Å². The van der Waals surface area contributed by atoms with Crippen LogP contribution in [0.2, 0.25) is 0 Å². The zero-order valence-electron chi connectivity index (χ0n) is 17.6. The van der Waals surface area contributed by atoms with Crippen LogP contribution in [0.5, 0.6) is 0 Å². The molecule has 1 aliphatic rings. The lowest BCUT2D eigenvalue weighted by molar-refractivity contribution is -0.131. The normalized spacial score (nSPS) is 22.7. The Morgan fingerprint density at radius 1 is 1.28 bits per heavy atom. The van der Waals surface area contributed by atoms with Gasteiger partial charge in [0.1, 0.15) is 5.82 Å². The fourth-order valence-electron chi connectivity index (χ4n) is 4.38. The van der Waals surface area contributed by atoms with Crippen LogP contribution in [0.25, 0.3) is 0 Å². The third-order valence-corrected chi connectivity index (χ3v) is 6.80. The molecule has 29 heavy (non-hydrogen) atoms. The second-order valence-electron chi connectivity index (χ2n) is 8.31. The second kappa shape index (κ2) is 8.69. The Kier molecular flexibility index (Phi) is 6.46. The van der Waals surface area contributed by atoms with Crippen LogP contribution >= 0.6 is 15.9 Å². The first-order chi connectivity index (χ1) is 13.7. The predicted octanol–water partition coefficient (Wildman–Crippen LogP) is 4.24. The number of hydrogen-bond donors (Lipinski definition) is 2. The number of primary amides is 1. The molecule has 1 aromatic heterocycles. The summed E-state index contributed by atoms with van der Waals surface area (Å²) in [5.74, 6) is 1.42. The molecule has 7 heteroatoms. The van der Waals surface area contributed by atoms with Crippen molar-refractivity contribution in [3.05, 3.63) is 46.1 Å². The van der Waals surface area contributed by atoms with Gasteiger partial charge < -0.3 is 16.0 Å². The molecule has 156 valence electrons. The molecule has 0 bridgehead atoms. The molecule has 0 spiro atoms. The molecule has 1 amide bonds. The summed E-state index contributed by atoms with van der Waals surface area (Å²) >= 11 is 3.48. The number of anilines is 2. The number of aryl methyl sites for hydroxylation is 1. The fraction of sp³-hybridized carbons (Fsp3) is 0.500. The van der Waals surface area contributed by atoms with Crippen molar-refractivity contribution in [3.63, 3.8) is 0 Å². The number of rotatable bonds is 6. The van der Waals surface area contributed by atoms with Gasteiger partial charge in [-0.15, -0.1) is 0 Å². The van der Waals surface area contributed by atoms with Gasteiger partial charge in [0.15, 0.2) is 0 Å². The number of carbonyl (C=O) groups excluding carboxylic acids is 1. The summed E-state index contributed by atoms with van der Waals surface area (Å²) in [4.78, 5) is 23.6. The van der Waals surface area contributed by atoms with Gasteiger partial charge in [-0.05, 0) is 56.2 Å². The summed E-state index contributed by atoms with van der Waals surface area (Å²) in [6, 6.07) is 8.42. The highest BCUT2D eigenvalue weighted by molar-refractivity contribution is 9.10. The van der Waals surface area contributed by atoms with Crippen LogP contribution in [0, 0.1) is 12.3 Å². The number of amides is 1. The third kappa shape index (κ3) is 4.55. The number of benzene rings is 1. The predicted molar refractivity (Wildman–Crippen MR) is 121 cm³/mol. The number of nitrogens with two attached hydrogens (primary N) is 1. The lowest BCUT2D eigenvalue weighted by Crippen LogP contribution is -2.46. The summed E-state index contributed by atoms with van der Waals surface area (Å²) in [5.41, 5.74) is 7.61. The lowest BCUT2D eigenvalue weighted by Gasteiger charge is -2.42. The molecule has 0 radical (unpaired) electrons. The Morgan fingerprint density at radius 3 is 2.45 bits per heavy atom. The van der Waals surface area contributed by atoms with Gasteiger partial charge in [-0.3, -0.25) is 4.79 Å². The maximum Gasteiger partial charge on any atom is 0.224 e. The Morgan fingerprint density at radius 2 is 1.90 bits per heavy atom. The number of nitrogens with zero attached hydrogens (tertiary/aromatic N) is 3. The molecule has 1 heterocycles. The summed E-state index contributed by atoms with van der Waals surface area (Å²) in [5, 5.41) is 3.46. The second-order valence-corrected chi connectivity index (χ2v) is 9.22. The molecule has 1 aromatic carbocycles. The topological polar surface area (TPSA) is 84.1 Å². The maximum absolute atomic E-state index is 12.5. The molecule has 0 saturated heterocycles. The van der Waals surface area contributed by atoms with Gasteiger partial charge in [-0.2, -0.15) is 4.98 Å². The molecule has 3 N–H and O–H groups in total. The molecule has 1 saturated carbocycles.